The summed E-state index contributed by atoms with van der Waals surface area (Å²) in [6.45, 7) is 4.47. The first-order valence-corrected chi connectivity index (χ1v) is 7.43. The molecule has 0 radical (unpaired) electrons. The minimum Gasteiger partial charge on any atom is -0.355 e. The number of piperidine rings is 1. The fraction of sp³-hybridized carbons (Fsp3) is 0.615. The Morgan fingerprint density at radius 3 is 3.05 bits per heavy atom. The van der Waals surface area contributed by atoms with E-state index >= 15 is 0 Å². The van der Waals surface area contributed by atoms with Gasteiger partial charge < -0.3 is 10.6 Å². The summed E-state index contributed by atoms with van der Waals surface area (Å²) in [6, 6.07) is -0.0737. The topological polar surface area (TPSA) is 71.1 Å². The number of hydrogen-bond acceptors (Lipinski definition) is 4. The predicted molar refractivity (Wildman–Crippen MR) is 73.8 cm³/mol. The van der Waals surface area contributed by atoms with Crippen molar-refractivity contribution in [2.45, 2.75) is 39.2 Å². The van der Waals surface area contributed by atoms with Crippen molar-refractivity contribution in [2.75, 3.05) is 6.54 Å². The van der Waals surface area contributed by atoms with E-state index in [0.29, 0.717) is 19.4 Å². The monoisotopic (exact) mass is 281 g/mol. The summed E-state index contributed by atoms with van der Waals surface area (Å²) >= 11 is 1.63. The SMILES string of the molecule is CCc1cnc(C(C)NC(=O)C2CCC(=O)NC2)s1. The molecule has 0 spiro atoms. The standard InChI is InChI=1S/C13H19N3O2S/c1-3-10-7-15-13(19-10)8(2)16-12(18)9-4-5-11(17)14-6-9/h7-9H,3-6H2,1-2H3,(H,14,17)(H,16,18). The van der Waals surface area contributed by atoms with Crippen LogP contribution in [0.4, 0.5) is 0 Å². The first-order valence-electron chi connectivity index (χ1n) is 6.61. The molecule has 2 atom stereocenters. The molecule has 0 aliphatic carbocycles. The molecule has 1 aliphatic rings. The molecule has 1 aromatic heterocycles. The Morgan fingerprint density at radius 2 is 2.47 bits per heavy atom. The van der Waals surface area contributed by atoms with Gasteiger partial charge in [0.25, 0.3) is 0 Å². The number of carbonyl (C=O) groups is 2. The second-order valence-electron chi connectivity index (χ2n) is 4.79. The van der Waals surface area contributed by atoms with E-state index in [-0.39, 0.29) is 23.8 Å². The molecule has 5 nitrogen and oxygen atoms in total. The van der Waals surface area contributed by atoms with Gasteiger partial charge in [-0.25, -0.2) is 4.98 Å². The average Bonchev–Trinajstić information content (AvgIpc) is 2.88. The quantitative estimate of drug-likeness (QED) is 0.876. The summed E-state index contributed by atoms with van der Waals surface area (Å²) in [5.41, 5.74) is 0. The van der Waals surface area contributed by atoms with E-state index in [1.54, 1.807) is 11.3 Å². The fourth-order valence-electron chi connectivity index (χ4n) is 2.04. The van der Waals surface area contributed by atoms with Crippen LogP contribution in [-0.4, -0.2) is 23.3 Å². The van der Waals surface area contributed by atoms with Crippen LogP contribution in [0.3, 0.4) is 0 Å². The van der Waals surface area contributed by atoms with Crippen molar-refractivity contribution in [3.05, 3.63) is 16.1 Å². The molecule has 0 bridgehead atoms. The van der Waals surface area contributed by atoms with Gasteiger partial charge in [-0.3, -0.25) is 9.59 Å². The van der Waals surface area contributed by atoms with Crippen molar-refractivity contribution in [2.24, 2.45) is 5.92 Å². The van der Waals surface area contributed by atoms with E-state index in [0.717, 1.165) is 11.4 Å². The normalized spacial score (nSPS) is 20.7. The summed E-state index contributed by atoms with van der Waals surface area (Å²) in [5.74, 6) is -0.0869. The molecule has 0 saturated carbocycles. The molecule has 0 aromatic carbocycles. The Labute approximate surface area is 116 Å². The van der Waals surface area contributed by atoms with Gasteiger partial charge in [-0.15, -0.1) is 11.3 Å². The molecule has 1 aliphatic heterocycles. The van der Waals surface area contributed by atoms with E-state index in [1.165, 1.54) is 4.88 Å². The van der Waals surface area contributed by atoms with Crippen molar-refractivity contribution in [3.63, 3.8) is 0 Å². The summed E-state index contributed by atoms with van der Waals surface area (Å²) in [6.07, 6.45) is 3.89. The van der Waals surface area contributed by atoms with Gasteiger partial charge in [0, 0.05) is 24.0 Å². The number of hydrogen-bond donors (Lipinski definition) is 2. The summed E-state index contributed by atoms with van der Waals surface area (Å²) < 4.78 is 0. The first-order chi connectivity index (χ1) is 9.10. The van der Waals surface area contributed by atoms with Crippen molar-refractivity contribution < 1.29 is 9.59 Å². The summed E-state index contributed by atoms with van der Waals surface area (Å²) in [5, 5.41) is 6.64. The highest BCUT2D eigenvalue weighted by molar-refractivity contribution is 7.11. The molecule has 1 fully saturated rings. The Morgan fingerprint density at radius 1 is 1.68 bits per heavy atom. The summed E-state index contributed by atoms with van der Waals surface area (Å²) in [4.78, 5) is 28.7. The van der Waals surface area contributed by atoms with Crippen LogP contribution in [0, 0.1) is 5.92 Å². The van der Waals surface area contributed by atoms with Crippen LogP contribution in [0.25, 0.3) is 0 Å². The second-order valence-corrected chi connectivity index (χ2v) is 5.94. The highest BCUT2D eigenvalue weighted by Crippen LogP contribution is 2.21. The third-order valence-corrected chi connectivity index (χ3v) is 4.61. The summed E-state index contributed by atoms with van der Waals surface area (Å²) in [7, 11) is 0. The van der Waals surface area contributed by atoms with Crippen LogP contribution in [0.5, 0.6) is 0 Å². The molecule has 1 saturated heterocycles. The van der Waals surface area contributed by atoms with Crippen molar-refractivity contribution in [3.8, 4) is 0 Å². The largest absolute Gasteiger partial charge is 0.355 e. The molecule has 19 heavy (non-hydrogen) atoms. The Bertz CT molecular complexity index is 462. The lowest BCUT2D eigenvalue weighted by atomic mass is 9.98. The molecule has 104 valence electrons. The Hall–Kier alpha value is -1.43. The van der Waals surface area contributed by atoms with Gasteiger partial charge in [0.15, 0.2) is 0 Å². The van der Waals surface area contributed by atoms with E-state index in [2.05, 4.69) is 22.5 Å². The van der Waals surface area contributed by atoms with Crippen molar-refractivity contribution in [1.82, 2.24) is 15.6 Å². The van der Waals surface area contributed by atoms with Gasteiger partial charge in [0.2, 0.25) is 11.8 Å². The lowest BCUT2D eigenvalue weighted by molar-refractivity contribution is -0.129. The zero-order chi connectivity index (χ0) is 13.8. The number of rotatable bonds is 4. The molecular weight excluding hydrogens is 262 g/mol. The van der Waals surface area contributed by atoms with Gasteiger partial charge >= 0.3 is 0 Å². The number of carbonyl (C=O) groups excluding carboxylic acids is 2. The maximum atomic E-state index is 12.1. The average molecular weight is 281 g/mol. The number of aromatic nitrogens is 1. The van der Waals surface area contributed by atoms with Crippen LogP contribution in [0.2, 0.25) is 0 Å². The number of aryl methyl sites for hydroxylation is 1. The Kier molecular flexibility index (Phi) is 4.52. The van der Waals surface area contributed by atoms with E-state index in [1.807, 2.05) is 13.1 Å². The maximum Gasteiger partial charge on any atom is 0.225 e. The van der Waals surface area contributed by atoms with Crippen LogP contribution in [0.15, 0.2) is 6.20 Å². The van der Waals surface area contributed by atoms with Gasteiger partial charge in [0.05, 0.1) is 12.0 Å². The van der Waals surface area contributed by atoms with E-state index in [9.17, 15) is 9.59 Å². The van der Waals surface area contributed by atoms with Crippen molar-refractivity contribution in [1.29, 1.82) is 0 Å². The molecule has 2 rings (SSSR count). The zero-order valence-corrected chi connectivity index (χ0v) is 12.0. The van der Waals surface area contributed by atoms with Crippen LogP contribution < -0.4 is 10.6 Å². The third kappa shape index (κ3) is 3.53. The van der Waals surface area contributed by atoms with Crippen molar-refractivity contribution >= 4 is 23.2 Å². The molecule has 2 N–H and O–H groups in total. The molecule has 6 heteroatoms. The minimum absolute atomic E-state index is 0.000693. The molecule has 2 amide bonds. The van der Waals surface area contributed by atoms with Gasteiger partial charge in [-0.1, -0.05) is 6.92 Å². The molecule has 1 aromatic rings. The first kappa shape index (κ1) is 14.0. The number of amides is 2. The Balaban J connectivity index is 1.89. The smallest absolute Gasteiger partial charge is 0.225 e. The fourth-order valence-corrected chi connectivity index (χ4v) is 2.90. The minimum atomic E-state index is -0.120. The lowest BCUT2D eigenvalue weighted by Crippen LogP contribution is -2.43. The van der Waals surface area contributed by atoms with Gasteiger partial charge in [0.1, 0.15) is 5.01 Å². The molecular formula is C13H19N3O2S. The molecule has 2 unspecified atom stereocenters. The van der Waals surface area contributed by atoms with Gasteiger partial charge in [-0.05, 0) is 19.8 Å². The highest BCUT2D eigenvalue weighted by Gasteiger charge is 2.25. The van der Waals surface area contributed by atoms with Gasteiger partial charge in [-0.2, -0.15) is 0 Å². The number of nitrogens with one attached hydrogen (secondary N) is 2. The van der Waals surface area contributed by atoms with Crippen LogP contribution in [0.1, 0.15) is 42.6 Å². The van der Waals surface area contributed by atoms with E-state index < -0.39 is 0 Å². The predicted octanol–water partition coefficient (Wildman–Crippen LogP) is 1.41. The maximum absolute atomic E-state index is 12.1. The number of thiazole rings is 1. The number of nitrogens with zero attached hydrogens (tertiary/aromatic N) is 1. The molecule has 2 heterocycles. The third-order valence-electron chi connectivity index (χ3n) is 3.29. The second kappa shape index (κ2) is 6.14. The lowest BCUT2D eigenvalue weighted by Gasteiger charge is -2.23. The van der Waals surface area contributed by atoms with Crippen LogP contribution >= 0.6 is 11.3 Å². The zero-order valence-electron chi connectivity index (χ0n) is 11.2. The van der Waals surface area contributed by atoms with Crippen LogP contribution in [-0.2, 0) is 16.0 Å². The van der Waals surface area contributed by atoms with E-state index in [4.69, 9.17) is 0 Å². The highest BCUT2D eigenvalue weighted by atomic mass is 32.1.